The number of piperidine rings is 1. The zero-order chi connectivity index (χ0) is 21.4. The molecular formula is C20H23BrF3N3O2. The molecule has 0 radical (unpaired) electrons. The number of nitrogens with one attached hydrogen (secondary N) is 1. The van der Waals surface area contributed by atoms with Crippen LogP contribution < -0.4 is 0 Å². The summed E-state index contributed by atoms with van der Waals surface area (Å²) in [6.07, 6.45) is -3.23. The summed E-state index contributed by atoms with van der Waals surface area (Å²) in [4.78, 5) is 21.7. The zero-order valence-corrected chi connectivity index (χ0v) is 18.0. The van der Waals surface area contributed by atoms with Crippen molar-refractivity contribution in [1.82, 2.24) is 14.9 Å². The van der Waals surface area contributed by atoms with Crippen LogP contribution in [0.5, 0.6) is 0 Å². The van der Waals surface area contributed by atoms with Crippen LogP contribution in [-0.2, 0) is 10.9 Å². The molecule has 3 rings (SSSR count). The van der Waals surface area contributed by atoms with Gasteiger partial charge in [-0.15, -0.1) is 0 Å². The van der Waals surface area contributed by atoms with Gasteiger partial charge in [0, 0.05) is 24.6 Å². The van der Waals surface area contributed by atoms with Crippen LogP contribution in [0, 0.1) is 0 Å². The second kappa shape index (κ2) is 8.01. The summed E-state index contributed by atoms with van der Waals surface area (Å²) in [6, 6.07) is 4.93. The van der Waals surface area contributed by atoms with E-state index >= 15 is 0 Å². The monoisotopic (exact) mass is 473 g/mol. The van der Waals surface area contributed by atoms with Crippen LogP contribution in [0.2, 0.25) is 0 Å². The maximum Gasteiger partial charge on any atom is 0.416 e. The molecule has 0 aliphatic carbocycles. The molecular weight excluding hydrogens is 451 g/mol. The summed E-state index contributed by atoms with van der Waals surface area (Å²) >= 11 is 3.42. The topological polar surface area (TPSA) is 58.2 Å². The Hall–Kier alpha value is -2.03. The van der Waals surface area contributed by atoms with Crippen LogP contribution in [0.15, 0.2) is 28.9 Å². The molecule has 0 bridgehead atoms. The second-order valence-corrected chi connectivity index (χ2v) is 8.89. The number of carbonyl (C=O) groups excluding carboxylic acids is 1. The number of H-pyrrole nitrogens is 1. The molecule has 29 heavy (non-hydrogen) atoms. The standard InChI is InChI=1S/C20H23BrF3N3O2/c1-19(2,3)29-18(28)27-10-8-13(9-11-27)17-25-15(16(21)26-17)12-4-6-14(7-5-12)20(22,23)24/h4-7,13H,8-11H2,1-3H3,(H,25,26). The van der Waals surface area contributed by atoms with E-state index in [1.54, 1.807) is 4.90 Å². The Morgan fingerprint density at radius 1 is 1.17 bits per heavy atom. The third kappa shape index (κ3) is 5.32. The number of hydrogen-bond acceptors (Lipinski definition) is 3. The van der Waals surface area contributed by atoms with Gasteiger partial charge >= 0.3 is 12.3 Å². The quantitative estimate of drug-likeness (QED) is 0.584. The molecule has 0 saturated carbocycles. The lowest BCUT2D eigenvalue weighted by atomic mass is 9.96. The molecule has 0 spiro atoms. The maximum atomic E-state index is 12.8. The van der Waals surface area contributed by atoms with Crippen molar-refractivity contribution in [3.8, 4) is 11.3 Å². The van der Waals surface area contributed by atoms with Crippen LogP contribution >= 0.6 is 15.9 Å². The van der Waals surface area contributed by atoms with Gasteiger partial charge in [-0.1, -0.05) is 12.1 Å². The number of alkyl halides is 3. The summed E-state index contributed by atoms with van der Waals surface area (Å²) in [5, 5.41) is 0. The van der Waals surface area contributed by atoms with Crippen molar-refractivity contribution in [2.24, 2.45) is 0 Å². The first kappa shape index (κ1) is 21.7. The average molecular weight is 474 g/mol. The SMILES string of the molecule is CC(C)(C)OC(=O)N1CCC(c2nc(-c3ccc(C(F)(F)F)cc3)c(Br)[nH]2)CC1. The summed E-state index contributed by atoms with van der Waals surface area (Å²) in [5.41, 5.74) is -0.0550. The van der Waals surface area contributed by atoms with E-state index in [4.69, 9.17) is 4.74 Å². The maximum absolute atomic E-state index is 12.8. The van der Waals surface area contributed by atoms with Gasteiger partial charge in [-0.3, -0.25) is 0 Å². The van der Waals surface area contributed by atoms with Gasteiger partial charge in [0.15, 0.2) is 0 Å². The van der Waals surface area contributed by atoms with Crippen LogP contribution in [-0.4, -0.2) is 39.7 Å². The number of carbonyl (C=O) groups is 1. The van der Waals surface area contributed by atoms with Crippen LogP contribution in [0.4, 0.5) is 18.0 Å². The smallest absolute Gasteiger partial charge is 0.416 e. The fourth-order valence-electron chi connectivity index (χ4n) is 3.23. The average Bonchev–Trinajstić information content (AvgIpc) is 3.01. The summed E-state index contributed by atoms with van der Waals surface area (Å²) in [7, 11) is 0. The number of hydrogen-bond donors (Lipinski definition) is 1. The Balaban J connectivity index is 1.68. The van der Waals surface area contributed by atoms with Crippen LogP contribution in [0.1, 0.15) is 50.9 Å². The van der Waals surface area contributed by atoms with Crippen molar-refractivity contribution in [1.29, 1.82) is 0 Å². The molecule has 2 aromatic rings. The number of benzene rings is 1. The Kier molecular flexibility index (Phi) is 5.98. The van der Waals surface area contributed by atoms with Gasteiger partial charge in [0.1, 0.15) is 21.7 Å². The lowest BCUT2D eigenvalue weighted by molar-refractivity contribution is -0.137. The molecule has 1 aliphatic heterocycles. The lowest BCUT2D eigenvalue weighted by Crippen LogP contribution is -2.41. The highest BCUT2D eigenvalue weighted by Gasteiger charge is 2.31. The molecule has 1 amide bonds. The number of imidazole rings is 1. The van der Waals surface area contributed by atoms with Crippen molar-refractivity contribution in [2.75, 3.05) is 13.1 Å². The number of nitrogens with zero attached hydrogens (tertiary/aromatic N) is 2. The highest BCUT2D eigenvalue weighted by molar-refractivity contribution is 9.10. The molecule has 9 heteroatoms. The molecule has 1 aromatic heterocycles. The number of ether oxygens (including phenoxy) is 1. The van der Waals surface area contributed by atoms with Gasteiger partial charge in [-0.05, 0) is 61.7 Å². The van der Waals surface area contributed by atoms with E-state index in [9.17, 15) is 18.0 Å². The highest BCUT2D eigenvalue weighted by Crippen LogP contribution is 2.35. The van der Waals surface area contributed by atoms with Crippen LogP contribution in [0.25, 0.3) is 11.3 Å². The number of aromatic nitrogens is 2. The molecule has 1 saturated heterocycles. The summed E-state index contributed by atoms with van der Waals surface area (Å²) < 4.78 is 44.3. The van der Waals surface area contributed by atoms with E-state index < -0.39 is 17.3 Å². The van der Waals surface area contributed by atoms with Crippen molar-refractivity contribution in [2.45, 2.75) is 51.3 Å². The Labute approximate surface area is 175 Å². The zero-order valence-electron chi connectivity index (χ0n) is 16.4. The number of aromatic amines is 1. The van der Waals surface area contributed by atoms with E-state index in [1.807, 2.05) is 20.8 Å². The van der Waals surface area contributed by atoms with E-state index in [1.165, 1.54) is 12.1 Å². The number of amides is 1. The largest absolute Gasteiger partial charge is 0.444 e. The van der Waals surface area contributed by atoms with Gasteiger partial charge in [-0.2, -0.15) is 13.2 Å². The number of halogens is 4. The molecule has 0 atom stereocenters. The minimum atomic E-state index is -4.37. The van der Waals surface area contributed by atoms with E-state index in [0.29, 0.717) is 29.0 Å². The van der Waals surface area contributed by atoms with Crippen molar-refractivity contribution >= 4 is 22.0 Å². The minimum Gasteiger partial charge on any atom is -0.444 e. The third-order valence-corrected chi connectivity index (χ3v) is 5.27. The molecule has 5 nitrogen and oxygen atoms in total. The molecule has 1 N–H and O–H groups in total. The number of rotatable bonds is 2. The van der Waals surface area contributed by atoms with Gasteiger partial charge in [0.2, 0.25) is 0 Å². The van der Waals surface area contributed by atoms with E-state index in [0.717, 1.165) is 30.8 Å². The third-order valence-electron chi connectivity index (χ3n) is 4.70. The lowest BCUT2D eigenvalue weighted by Gasteiger charge is -2.32. The first-order valence-corrected chi connectivity index (χ1v) is 10.1. The first-order valence-electron chi connectivity index (χ1n) is 9.35. The second-order valence-electron chi connectivity index (χ2n) is 8.10. The van der Waals surface area contributed by atoms with Crippen LogP contribution in [0.3, 0.4) is 0 Å². The molecule has 1 aliphatic rings. The summed E-state index contributed by atoms with van der Waals surface area (Å²) in [6.45, 7) is 6.63. The fraction of sp³-hybridized carbons (Fsp3) is 0.500. The molecule has 0 unspecified atom stereocenters. The van der Waals surface area contributed by atoms with Gasteiger partial charge in [-0.25, -0.2) is 9.78 Å². The Morgan fingerprint density at radius 2 is 1.76 bits per heavy atom. The minimum absolute atomic E-state index is 0.133. The van der Waals surface area contributed by atoms with E-state index in [2.05, 4.69) is 25.9 Å². The molecule has 2 heterocycles. The highest BCUT2D eigenvalue weighted by atomic mass is 79.9. The normalized spacial score (nSPS) is 16.2. The van der Waals surface area contributed by atoms with Gasteiger partial charge in [0.05, 0.1) is 5.56 Å². The summed E-state index contributed by atoms with van der Waals surface area (Å²) in [5.74, 6) is 0.892. The fourth-order valence-corrected chi connectivity index (χ4v) is 3.75. The predicted molar refractivity (Wildman–Crippen MR) is 107 cm³/mol. The van der Waals surface area contributed by atoms with Crippen molar-refractivity contribution < 1.29 is 22.7 Å². The molecule has 1 fully saturated rings. The van der Waals surface area contributed by atoms with Gasteiger partial charge < -0.3 is 14.6 Å². The van der Waals surface area contributed by atoms with Crippen molar-refractivity contribution in [3.63, 3.8) is 0 Å². The Bertz CT molecular complexity index is 865. The first-order chi connectivity index (χ1) is 13.4. The van der Waals surface area contributed by atoms with Gasteiger partial charge in [0.25, 0.3) is 0 Å². The van der Waals surface area contributed by atoms with E-state index in [-0.39, 0.29) is 12.0 Å². The molecule has 158 valence electrons. The number of likely N-dealkylation sites (tertiary alicyclic amines) is 1. The predicted octanol–water partition coefficient (Wildman–Crippen LogP) is 5.97. The van der Waals surface area contributed by atoms with Crippen molar-refractivity contribution in [3.05, 3.63) is 40.3 Å². The Morgan fingerprint density at radius 3 is 2.28 bits per heavy atom. The molecule has 1 aromatic carbocycles.